The maximum atomic E-state index is 10.6. The molecule has 2 aromatic carbocycles. The highest BCUT2D eigenvalue weighted by atomic mass is 35.5. The summed E-state index contributed by atoms with van der Waals surface area (Å²) in [4.78, 5) is 13.7. The topological polar surface area (TPSA) is 127 Å². The lowest BCUT2D eigenvalue weighted by Crippen LogP contribution is -2.52. The van der Waals surface area contributed by atoms with E-state index in [0.717, 1.165) is 41.7 Å². The fourth-order valence-electron chi connectivity index (χ4n) is 5.24. The number of carboxylic acid groups (broad SMARTS) is 1. The number of nitrogens with two attached hydrogens (primary N) is 1. The number of nitriles is 1. The molecule has 3 N–H and O–H groups in total. The van der Waals surface area contributed by atoms with Crippen LogP contribution < -0.4 is 10.5 Å². The quantitative estimate of drug-likeness (QED) is 0.548. The van der Waals surface area contributed by atoms with Crippen molar-refractivity contribution in [3.8, 4) is 22.9 Å². The first-order valence-corrected chi connectivity index (χ1v) is 12.3. The average molecular weight is 552 g/mol. The molecule has 2 aromatic rings. The van der Waals surface area contributed by atoms with Gasteiger partial charge in [0.25, 0.3) is 6.02 Å². The van der Waals surface area contributed by atoms with Crippen molar-refractivity contribution < 1.29 is 37.3 Å². The molecule has 202 valence electrons. The number of hydrogen-bond acceptors (Lipinski definition) is 7. The molecule has 0 bridgehead atoms. The molecule has 0 aromatic heterocycles. The van der Waals surface area contributed by atoms with Crippen LogP contribution in [0.2, 0.25) is 5.02 Å². The molecule has 2 aliphatic heterocycles. The predicted octanol–water partition coefficient (Wildman–Crippen LogP) is 5.02. The highest BCUT2D eigenvalue weighted by Gasteiger charge is 2.55. The molecule has 1 spiro atoms. The Morgan fingerprint density at radius 3 is 2.63 bits per heavy atom. The van der Waals surface area contributed by atoms with Crippen molar-refractivity contribution in [2.24, 2.45) is 16.6 Å². The second kappa shape index (κ2) is 10.7. The zero-order valence-corrected chi connectivity index (χ0v) is 21.1. The maximum absolute atomic E-state index is 10.6. The smallest absolute Gasteiger partial charge is 0.490 e. The van der Waals surface area contributed by atoms with E-state index < -0.39 is 17.7 Å². The second-order valence-corrected chi connectivity index (χ2v) is 9.61. The number of nitrogens with zero attached hydrogens (tertiary/aromatic N) is 2. The normalized spacial score (nSPS) is 25.5. The molecule has 38 heavy (non-hydrogen) atoms. The zero-order valence-electron chi connectivity index (χ0n) is 20.3. The number of benzene rings is 2. The van der Waals surface area contributed by atoms with Gasteiger partial charge in [0, 0.05) is 23.1 Å². The fraction of sp³-hybridized carbons (Fsp3) is 0.423. The van der Waals surface area contributed by atoms with E-state index in [4.69, 9.17) is 46.4 Å². The van der Waals surface area contributed by atoms with Gasteiger partial charge in [0.2, 0.25) is 0 Å². The lowest BCUT2D eigenvalue weighted by molar-refractivity contribution is -0.192. The van der Waals surface area contributed by atoms with E-state index in [1.165, 1.54) is 0 Å². The Balaban J connectivity index is 0.000000426. The Labute approximate surface area is 221 Å². The van der Waals surface area contributed by atoms with Crippen LogP contribution >= 0.6 is 11.6 Å². The number of ether oxygens (including phenoxy) is 3. The molecule has 0 amide bonds. The third-order valence-corrected chi connectivity index (χ3v) is 7.05. The number of aliphatic imine (C=N–C) groups is 1. The van der Waals surface area contributed by atoms with Crippen molar-refractivity contribution in [2.45, 2.75) is 50.1 Å². The Bertz CT molecular complexity index is 1300. The Morgan fingerprint density at radius 2 is 2.03 bits per heavy atom. The number of rotatable bonds is 3. The number of fused-ring (bicyclic) bond motifs is 4. The van der Waals surface area contributed by atoms with Crippen LogP contribution in [-0.4, -0.2) is 48.7 Å². The molecule has 0 saturated heterocycles. The van der Waals surface area contributed by atoms with Gasteiger partial charge >= 0.3 is 12.1 Å². The van der Waals surface area contributed by atoms with Gasteiger partial charge < -0.3 is 25.1 Å². The standard InChI is InChI=1S/C24H24ClN3O3.C2HF3O2/c1-2-29-18-4-6-22-20(11-18)24(13-30-23(27)28-24)19-10-15(3-5-21(19)31-22)16-7-14(12-26)8-17(25)9-16;3-2(4,5)1(6)7/h3,5,7-10,18,20,22H,2,4,6,11,13H2,1H3,(H2,27,28);(H,6,7)/t18-,20-,22-,24?;/m0./s1. The molecule has 1 aliphatic carbocycles. The maximum Gasteiger partial charge on any atom is 0.490 e. The predicted molar refractivity (Wildman–Crippen MR) is 132 cm³/mol. The second-order valence-electron chi connectivity index (χ2n) is 9.17. The van der Waals surface area contributed by atoms with Crippen LogP contribution in [0.25, 0.3) is 11.1 Å². The van der Waals surface area contributed by atoms with Crippen LogP contribution in [-0.2, 0) is 19.8 Å². The number of hydrogen-bond donors (Lipinski definition) is 2. The van der Waals surface area contributed by atoms with Crippen molar-refractivity contribution in [1.82, 2.24) is 0 Å². The number of carbonyl (C=O) groups is 1. The molecule has 0 radical (unpaired) electrons. The first-order chi connectivity index (χ1) is 18.0. The van der Waals surface area contributed by atoms with Crippen molar-refractivity contribution in [3.63, 3.8) is 0 Å². The summed E-state index contributed by atoms with van der Waals surface area (Å²) < 4.78 is 49.9. The Kier molecular flexibility index (Phi) is 7.76. The number of alkyl halides is 3. The molecule has 1 unspecified atom stereocenters. The van der Waals surface area contributed by atoms with E-state index in [1.54, 1.807) is 6.07 Å². The van der Waals surface area contributed by atoms with E-state index in [1.807, 2.05) is 31.2 Å². The van der Waals surface area contributed by atoms with E-state index in [-0.39, 0.29) is 24.1 Å². The van der Waals surface area contributed by atoms with Gasteiger partial charge in [-0.3, -0.25) is 0 Å². The summed E-state index contributed by atoms with van der Waals surface area (Å²) in [6.07, 6.45) is -2.13. The molecule has 12 heteroatoms. The van der Waals surface area contributed by atoms with Crippen LogP contribution in [0, 0.1) is 17.2 Å². The Morgan fingerprint density at radius 1 is 1.29 bits per heavy atom. The monoisotopic (exact) mass is 551 g/mol. The van der Waals surface area contributed by atoms with Gasteiger partial charge in [0.15, 0.2) is 0 Å². The highest BCUT2D eigenvalue weighted by Crippen LogP contribution is 2.53. The van der Waals surface area contributed by atoms with E-state index in [0.29, 0.717) is 23.8 Å². The van der Waals surface area contributed by atoms with Crippen LogP contribution in [0.4, 0.5) is 13.2 Å². The summed E-state index contributed by atoms with van der Waals surface area (Å²) in [7, 11) is 0. The van der Waals surface area contributed by atoms with Crippen molar-refractivity contribution in [2.75, 3.05) is 13.2 Å². The van der Waals surface area contributed by atoms with Gasteiger partial charge in [-0.1, -0.05) is 17.7 Å². The third-order valence-electron chi connectivity index (χ3n) is 6.83. The molecular formula is C26H25ClF3N3O5. The molecule has 1 fully saturated rings. The van der Waals surface area contributed by atoms with Crippen LogP contribution in [0.1, 0.15) is 37.3 Å². The van der Waals surface area contributed by atoms with E-state index in [9.17, 15) is 18.4 Å². The SMILES string of the molecule is CCO[C@H]1CC[C@@H]2Oc3ccc(-c4cc(Cl)cc(C#N)c4)cc3C3(COC(N)=N3)[C@H]2C1.O=C(O)C(F)(F)F. The van der Waals surface area contributed by atoms with Gasteiger partial charge in [0.05, 0.1) is 17.7 Å². The summed E-state index contributed by atoms with van der Waals surface area (Å²) in [6, 6.07) is 13.8. The van der Waals surface area contributed by atoms with Gasteiger partial charge in [-0.15, -0.1) is 0 Å². The largest absolute Gasteiger partial charge is 0.490 e. The minimum absolute atomic E-state index is 0.0460. The van der Waals surface area contributed by atoms with Crippen LogP contribution in [0.3, 0.4) is 0 Å². The van der Waals surface area contributed by atoms with Crippen molar-refractivity contribution in [1.29, 1.82) is 5.26 Å². The number of aliphatic carboxylic acids is 1. The lowest BCUT2D eigenvalue weighted by atomic mass is 9.67. The van der Waals surface area contributed by atoms with Gasteiger partial charge in [0.1, 0.15) is 24.0 Å². The van der Waals surface area contributed by atoms with Crippen LogP contribution in [0.15, 0.2) is 41.4 Å². The Hall–Kier alpha value is -3.49. The summed E-state index contributed by atoms with van der Waals surface area (Å²) in [5, 5.41) is 17.0. The molecular weight excluding hydrogens is 527 g/mol. The van der Waals surface area contributed by atoms with Crippen molar-refractivity contribution in [3.05, 3.63) is 52.5 Å². The highest BCUT2D eigenvalue weighted by molar-refractivity contribution is 6.31. The molecule has 3 aliphatic rings. The molecule has 1 saturated carbocycles. The summed E-state index contributed by atoms with van der Waals surface area (Å²) in [5.74, 6) is -1.84. The van der Waals surface area contributed by atoms with Gasteiger partial charge in [-0.05, 0) is 67.6 Å². The average Bonchev–Trinajstić information content (AvgIpc) is 3.26. The lowest BCUT2D eigenvalue weighted by Gasteiger charge is -2.47. The van der Waals surface area contributed by atoms with E-state index in [2.05, 4.69) is 12.1 Å². The van der Waals surface area contributed by atoms with E-state index >= 15 is 0 Å². The van der Waals surface area contributed by atoms with Crippen LogP contribution in [0.5, 0.6) is 5.75 Å². The summed E-state index contributed by atoms with van der Waals surface area (Å²) in [5.41, 5.74) is 8.71. The molecule has 4 atom stereocenters. The fourth-order valence-corrected chi connectivity index (χ4v) is 5.48. The summed E-state index contributed by atoms with van der Waals surface area (Å²) >= 11 is 6.25. The van der Waals surface area contributed by atoms with Gasteiger partial charge in [-0.25, -0.2) is 9.79 Å². The minimum atomic E-state index is -5.08. The number of carboxylic acids is 1. The number of halogens is 4. The van der Waals surface area contributed by atoms with Gasteiger partial charge in [-0.2, -0.15) is 18.4 Å². The minimum Gasteiger partial charge on any atom is -0.490 e. The molecule has 8 nitrogen and oxygen atoms in total. The number of amidine groups is 1. The van der Waals surface area contributed by atoms with Crippen molar-refractivity contribution >= 4 is 23.6 Å². The molecule has 5 rings (SSSR count). The third kappa shape index (κ3) is 5.51. The first kappa shape index (κ1) is 27.5. The zero-order chi connectivity index (χ0) is 27.7. The molecule has 2 heterocycles. The first-order valence-electron chi connectivity index (χ1n) is 11.9. The summed E-state index contributed by atoms with van der Waals surface area (Å²) in [6.45, 7) is 3.10.